The molecule has 2 rings (SSSR count). The van der Waals surface area contributed by atoms with Gasteiger partial charge in [0.2, 0.25) is 0 Å². The van der Waals surface area contributed by atoms with Crippen LogP contribution < -0.4 is 5.32 Å². The summed E-state index contributed by atoms with van der Waals surface area (Å²) < 4.78 is 5.76. The van der Waals surface area contributed by atoms with Crippen molar-refractivity contribution in [3.8, 4) is 11.3 Å². The summed E-state index contributed by atoms with van der Waals surface area (Å²) in [6, 6.07) is 11.6. The van der Waals surface area contributed by atoms with Crippen LogP contribution in [-0.2, 0) is 6.54 Å². The quantitative estimate of drug-likeness (QED) is 0.850. The molecule has 110 valence electrons. The van der Waals surface area contributed by atoms with Gasteiger partial charge < -0.3 is 14.8 Å². The molecule has 0 saturated carbocycles. The van der Waals surface area contributed by atoms with E-state index < -0.39 is 0 Å². The number of aliphatic hydroxyl groups is 1. The van der Waals surface area contributed by atoms with Crippen LogP contribution in [0.2, 0.25) is 5.02 Å². The first-order valence-corrected chi connectivity index (χ1v) is 6.79. The van der Waals surface area contributed by atoms with Crippen molar-refractivity contribution in [2.24, 2.45) is 0 Å². The number of furan rings is 1. The van der Waals surface area contributed by atoms with Crippen molar-refractivity contribution < 1.29 is 9.52 Å². The first-order valence-electron chi connectivity index (χ1n) is 6.41. The van der Waals surface area contributed by atoms with Crippen molar-refractivity contribution in [1.82, 2.24) is 5.32 Å². The van der Waals surface area contributed by atoms with E-state index in [0.29, 0.717) is 11.6 Å². The lowest BCUT2D eigenvalue weighted by Crippen LogP contribution is -2.30. The molecule has 1 aromatic carbocycles. The maximum absolute atomic E-state index is 9.11. The van der Waals surface area contributed by atoms with Gasteiger partial charge in [-0.05, 0) is 30.7 Å². The molecule has 5 heteroatoms. The Bertz CT molecular complexity index is 524. The van der Waals surface area contributed by atoms with Crippen LogP contribution in [0.1, 0.15) is 19.1 Å². The number of halogens is 2. The lowest BCUT2D eigenvalue weighted by atomic mass is 10.2. The molecule has 3 nitrogen and oxygen atoms in total. The monoisotopic (exact) mass is 315 g/mol. The lowest BCUT2D eigenvalue weighted by Gasteiger charge is -2.12. The molecule has 1 atom stereocenters. The number of hydrogen-bond acceptors (Lipinski definition) is 3. The van der Waals surface area contributed by atoms with Crippen LogP contribution in [0.15, 0.2) is 40.8 Å². The molecule has 0 aliphatic rings. The number of rotatable bonds is 6. The first kappa shape index (κ1) is 17.1. The highest BCUT2D eigenvalue weighted by atomic mass is 35.5. The van der Waals surface area contributed by atoms with E-state index in [1.54, 1.807) is 0 Å². The van der Waals surface area contributed by atoms with Gasteiger partial charge in [0, 0.05) is 16.6 Å². The standard InChI is InChI=1S/C15H18ClNO2.ClH/c1-2-13(10-18)17-9-14-6-7-15(19-14)11-4-3-5-12(16)8-11;/h3-8,13,17-18H,2,9-10H2,1H3;1H. The maximum Gasteiger partial charge on any atom is 0.134 e. The van der Waals surface area contributed by atoms with Crippen LogP contribution in [0, 0.1) is 0 Å². The van der Waals surface area contributed by atoms with E-state index in [9.17, 15) is 0 Å². The fraction of sp³-hybridized carbons (Fsp3) is 0.333. The van der Waals surface area contributed by atoms with Gasteiger partial charge in [-0.2, -0.15) is 0 Å². The summed E-state index contributed by atoms with van der Waals surface area (Å²) in [5, 5.41) is 13.0. The first-order chi connectivity index (χ1) is 9.22. The highest BCUT2D eigenvalue weighted by molar-refractivity contribution is 6.30. The molecule has 0 bridgehead atoms. The van der Waals surface area contributed by atoms with E-state index in [4.69, 9.17) is 21.1 Å². The predicted molar refractivity (Wildman–Crippen MR) is 84.4 cm³/mol. The third-order valence-electron chi connectivity index (χ3n) is 3.05. The van der Waals surface area contributed by atoms with Crippen LogP contribution in [0.5, 0.6) is 0 Å². The lowest BCUT2D eigenvalue weighted by molar-refractivity contribution is 0.235. The number of nitrogens with one attached hydrogen (secondary N) is 1. The van der Waals surface area contributed by atoms with Gasteiger partial charge in [-0.25, -0.2) is 0 Å². The average Bonchev–Trinajstić information content (AvgIpc) is 2.89. The highest BCUT2D eigenvalue weighted by Crippen LogP contribution is 2.24. The van der Waals surface area contributed by atoms with E-state index in [1.807, 2.05) is 43.3 Å². The third-order valence-corrected chi connectivity index (χ3v) is 3.28. The Morgan fingerprint density at radius 2 is 2.10 bits per heavy atom. The van der Waals surface area contributed by atoms with Gasteiger partial charge in [-0.15, -0.1) is 12.4 Å². The fourth-order valence-electron chi connectivity index (χ4n) is 1.85. The normalized spacial score (nSPS) is 11.9. The van der Waals surface area contributed by atoms with Gasteiger partial charge in [-0.3, -0.25) is 0 Å². The number of hydrogen-bond donors (Lipinski definition) is 2. The van der Waals surface area contributed by atoms with Crippen molar-refractivity contribution in [1.29, 1.82) is 0 Å². The van der Waals surface area contributed by atoms with Gasteiger partial charge in [-0.1, -0.05) is 30.7 Å². The molecule has 1 heterocycles. The third kappa shape index (κ3) is 4.53. The van der Waals surface area contributed by atoms with E-state index in [1.165, 1.54) is 0 Å². The molecule has 0 aliphatic heterocycles. The smallest absolute Gasteiger partial charge is 0.134 e. The molecule has 0 aliphatic carbocycles. The van der Waals surface area contributed by atoms with Crippen LogP contribution in [-0.4, -0.2) is 17.8 Å². The van der Waals surface area contributed by atoms with Gasteiger partial charge in [0.1, 0.15) is 11.5 Å². The Balaban J connectivity index is 0.00000200. The average molecular weight is 316 g/mol. The van der Waals surface area contributed by atoms with E-state index >= 15 is 0 Å². The number of benzene rings is 1. The zero-order valence-electron chi connectivity index (χ0n) is 11.3. The van der Waals surface area contributed by atoms with Gasteiger partial charge in [0.15, 0.2) is 0 Å². The second-order valence-corrected chi connectivity index (χ2v) is 4.88. The van der Waals surface area contributed by atoms with Crippen LogP contribution in [0.3, 0.4) is 0 Å². The predicted octanol–water partition coefficient (Wildman–Crippen LogP) is 3.88. The van der Waals surface area contributed by atoms with Gasteiger partial charge >= 0.3 is 0 Å². The Hall–Kier alpha value is -1.000. The molecule has 1 aromatic heterocycles. The largest absolute Gasteiger partial charge is 0.460 e. The Morgan fingerprint density at radius 3 is 2.75 bits per heavy atom. The van der Waals surface area contributed by atoms with Crippen LogP contribution in [0.25, 0.3) is 11.3 Å². The maximum atomic E-state index is 9.11. The highest BCUT2D eigenvalue weighted by Gasteiger charge is 2.08. The van der Waals surface area contributed by atoms with E-state index in [0.717, 1.165) is 23.5 Å². The molecule has 0 radical (unpaired) electrons. The molecule has 20 heavy (non-hydrogen) atoms. The molecule has 0 amide bonds. The van der Waals surface area contributed by atoms with Crippen molar-refractivity contribution in [3.05, 3.63) is 47.2 Å². The summed E-state index contributed by atoms with van der Waals surface area (Å²) in [5.74, 6) is 1.65. The van der Waals surface area contributed by atoms with Gasteiger partial charge in [0.05, 0.1) is 13.2 Å². The molecule has 0 fully saturated rings. The van der Waals surface area contributed by atoms with Crippen molar-refractivity contribution in [3.63, 3.8) is 0 Å². The van der Waals surface area contributed by atoms with E-state index in [2.05, 4.69) is 5.32 Å². The summed E-state index contributed by atoms with van der Waals surface area (Å²) in [4.78, 5) is 0. The summed E-state index contributed by atoms with van der Waals surface area (Å²) >= 11 is 5.96. The second kappa shape index (κ2) is 8.32. The topological polar surface area (TPSA) is 45.4 Å². The molecule has 2 N–H and O–H groups in total. The minimum Gasteiger partial charge on any atom is -0.460 e. The molecule has 0 saturated heterocycles. The van der Waals surface area contributed by atoms with Crippen LogP contribution >= 0.6 is 24.0 Å². The Labute approximate surface area is 130 Å². The second-order valence-electron chi connectivity index (χ2n) is 4.44. The SMILES string of the molecule is CCC(CO)NCc1ccc(-c2cccc(Cl)c2)o1.Cl. The molecular formula is C15H19Cl2NO2. The van der Waals surface area contributed by atoms with Crippen molar-refractivity contribution >= 4 is 24.0 Å². The van der Waals surface area contributed by atoms with Crippen molar-refractivity contribution in [2.45, 2.75) is 25.9 Å². The molecule has 1 unspecified atom stereocenters. The summed E-state index contributed by atoms with van der Waals surface area (Å²) in [6.45, 7) is 2.78. The Kier molecular flexibility index (Phi) is 7.10. The van der Waals surface area contributed by atoms with E-state index in [-0.39, 0.29) is 25.1 Å². The van der Waals surface area contributed by atoms with Crippen molar-refractivity contribution in [2.75, 3.05) is 6.61 Å². The summed E-state index contributed by atoms with van der Waals surface area (Å²) in [7, 11) is 0. The molecule has 0 spiro atoms. The molecule has 2 aromatic rings. The zero-order chi connectivity index (χ0) is 13.7. The molecular weight excluding hydrogens is 297 g/mol. The van der Waals surface area contributed by atoms with Gasteiger partial charge in [0.25, 0.3) is 0 Å². The van der Waals surface area contributed by atoms with Crippen LogP contribution in [0.4, 0.5) is 0 Å². The number of aliphatic hydroxyl groups excluding tert-OH is 1. The Morgan fingerprint density at radius 1 is 1.30 bits per heavy atom. The zero-order valence-corrected chi connectivity index (χ0v) is 12.9. The minimum atomic E-state index is 0. The summed E-state index contributed by atoms with van der Waals surface area (Å²) in [5.41, 5.74) is 0.966. The fourth-order valence-corrected chi connectivity index (χ4v) is 2.04. The minimum absolute atomic E-state index is 0. The summed E-state index contributed by atoms with van der Waals surface area (Å²) in [6.07, 6.45) is 0.887.